The molecule has 266 valence electrons. The van der Waals surface area contributed by atoms with Crippen LogP contribution in [-0.2, 0) is 0 Å². The van der Waals surface area contributed by atoms with Crippen LogP contribution in [0.1, 0.15) is 43.6 Å². The van der Waals surface area contributed by atoms with Gasteiger partial charge < -0.3 is 13.7 Å². The molecule has 0 radical (unpaired) electrons. The second-order valence-corrected chi connectivity index (χ2v) is 16.5. The van der Waals surface area contributed by atoms with E-state index in [-0.39, 0.29) is 0 Å². The average Bonchev–Trinajstić information content (AvgIpc) is 3.80. The fraction of sp³-hybridized carbons (Fsp3) is 0.192. The molecule has 0 spiro atoms. The summed E-state index contributed by atoms with van der Waals surface area (Å²) in [5, 5.41) is 4.45. The van der Waals surface area contributed by atoms with Gasteiger partial charge in [-0.05, 0) is 150 Å². The fourth-order valence-corrected chi connectivity index (χ4v) is 11.3. The van der Waals surface area contributed by atoms with E-state index in [4.69, 9.17) is 8.83 Å². The molecule has 4 fully saturated rings. The van der Waals surface area contributed by atoms with Crippen molar-refractivity contribution in [2.24, 2.45) is 23.7 Å². The zero-order valence-corrected chi connectivity index (χ0v) is 30.7. The minimum absolute atomic E-state index is 0.725. The van der Waals surface area contributed by atoms with Gasteiger partial charge in [0.25, 0.3) is 0 Å². The lowest BCUT2D eigenvalue weighted by atomic mass is 9.51. The Labute approximate surface area is 320 Å². The number of hydrogen-bond acceptors (Lipinski definition) is 3. The zero-order chi connectivity index (χ0) is 36.0. The number of fused-ring (bicyclic) bond motifs is 7. The second kappa shape index (κ2) is 12.2. The summed E-state index contributed by atoms with van der Waals surface area (Å²) < 4.78 is 12.8. The summed E-state index contributed by atoms with van der Waals surface area (Å²) in [5.74, 6) is 4.44. The largest absolute Gasteiger partial charge is 0.456 e. The summed E-state index contributed by atoms with van der Waals surface area (Å²) in [6.45, 7) is 0. The molecule has 0 atom stereocenters. The molecule has 0 aliphatic heterocycles. The third kappa shape index (κ3) is 5.02. The van der Waals surface area contributed by atoms with Crippen LogP contribution in [0, 0.1) is 23.7 Å². The number of anilines is 3. The SMILES string of the molecule is c1ccc(-c2ccc(N(c3ccc(-c4cccc5oc6ccc7oc8ccccc8c7c6c45)cc3)c3ccc(C4C5CC6CC(C5)CC4C6)cc3)cc2)cc1. The Morgan fingerprint density at radius 1 is 0.382 bits per heavy atom. The van der Waals surface area contributed by atoms with Gasteiger partial charge in [-0.15, -0.1) is 0 Å². The summed E-state index contributed by atoms with van der Waals surface area (Å²) in [5.41, 5.74) is 13.3. The van der Waals surface area contributed by atoms with Gasteiger partial charge in [-0.2, -0.15) is 0 Å². The van der Waals surface area contributed by atoms with Crippen LogP contribution in [-0.4, -0.2) is 0 Å². The number of hydrogen-bond donors (Lipinski definition) is 0. The van der Waals surface area contributed by atoms with Gasteiger partial charge in [0.1, 0.15) is 22.3 Å². The Balaban J connectivity index is 0.952. The maximum absolute atomic E-state index is 6.49. The molecule has 2 aromatic heterocycles. The molecular formula is C52H41NO2. The maximum Gasteiger partial charge on any atom is 0.136 e. The van der Waals surface area contributed by atoms with Crippen molar-refractivity contribution < 1.29 is 8.83 Å². The number of nitrogens with zero attached hydrogens (tertiary/aromatic N) is 1. The Kier molecular flexibility index (Phi) is 6.96. The molecule has 4 aliphatic carbocycles. The van der Waals surface area contributed by atoms with E-state index in [2.05, 4.69) is 138 Å². The van der Waals surface area contributed by atoms with Crippen molar-refractivity contribution in [3.63, 3.8) is 0 Å². The van der Waals surface area contributed by atoms with Crippen LogP contribution in [0.25, 0.3) is 66.1 Å². The van der Waals surface area contributed by atoms with Gasteiger partial charge in [-0.3, -0.25) is 0 Å². The predicted molar refractivity (Wildman–Crippen MR) is 226 cm³/mol. The summed E-state index contributed by atoms with van der Waals surface area (Å²) in [6, 6.07) is 57.2. The van der Waals surface area contributed by atoms with Crippen molar-refractivity contribution in [2.75, 3.05) is 4.90 Å². The second-order valence-electron chi connectivity index (χ2n) is 16.5. The van der Waals surface area contributed by atoms with E-state index in [9.17, 15) is 0 Å². The summed E-state index contributed by atoms with van der Waals surface area (Å²) in [6.07, 6.45) is 7.26. The molecule has 9 aromatic rings. The highest BCUT2D eigenvalue weighted by Gasteiger charge is 2.48. The van der Waals surface area contributed by atoms with E-state index >= 15 is 0 Å². The van der Waals surface area contributed by atoms with Crippen LogP contribution in [0.5, 0.6) is 0 Å². The molecule has 4 aliphatic rings. The van der Waals surface area contributed by atoms with Crippen LogP contribution in [0.3, 0.4) is 0 Å². The third-order valence-electron chi connectivity index (χ3n) is 13.4. The highest BCUT2D eigenvalue weighted by Crippen LogP contribution is 2.60. The molecule has 3 nitrogen and oxygen atoms in total. The first-order chi connectivity index (χ1) is 27.2. The average molecular weight is 712 g/mol. The van der Waals surface area contributed by atoms with Gasteiger partial charge in [0, 0.05) is 38.6 Å². The normalized spacial score (nSPS) is 21.6. The molecule has 3 heteroatoms. The lowest BCUT2D eigenvalue weighted by Gasteiger charge is -2.54. The van der Waals surface area contributed by atoms with Crippen LogP contribution in [0.2, 0.25) is 0 Å². The van der Waals surface area contributed by atoms with Gasteiger partial charge in [0.15, 0.2) is 0 Å². The lowest BCUT2D eigenvalue weighted by molar-refractivity contribution is -0.00277. The van der Waals surface area contributed by atoms with Crippen LogP contribution >= 0.6 is 0 Å². The van der Waals surface area contributed by atoms with Crippen molar-refractivity contribution in [1.82, 2.24) is 0 Å². The Hall–Kier alpha value is -6.06. The van der Waals surface area contributed by atoms with Crippen LogP contribution in [0.15, 0.2) is 167 Å². The Bertz CT molecular complexity index is 2830. The summed E-state index contributed by atoms with van der Waals surface area (Å²) in [4.78, 5) is 2.41. The van der Waals surface area contributed by atoms with E-state index in [0.717, 1.165) is 96.0 Å². The Morgan fingerprint density at radius 2 is 0.909 bits per heavy atom. The van der Waals surface area contributed by atoms with Crippen LogP contribution < -0.4 is 4.90 Å². The molecule has 55 heavy (non-hydrogen) atoms. The monoisotopic (exact) mass is 711 g/mol. The number of para-hydroxylation sites is 1. The summed E-state index contributed by atoms with van der Waals surface area (Å²) >= 11 is 0. The number of benzene rings is 7. The van der Waals surface area contributed by atoms with E-state index in [0.29, 0.717) is 0 Å². The van der Waals surface area contributed by atoms with Gasteiger partial charge in [-0.1, -0.05) is 97.1 Å². The van der Waals surface area contributed by atoms with Gasteiger partial charge >= 0.3 is 0 Å². The van der Waals surface area contributed by atoms with E-state index in [1.165, 1.54) is 48.9 Å². The van der Waals surface area contributed by atoms with E-state index in [1.54, 1.807) is 5.56 Å². The first-order valence-corrected chi connectivity index (χ1v) is 20.1. The molecule has 4 saturated carbocycles. The topological polar surface area (TPSA) is 29.5 Å². The molecule has 7 aromatic carbocycles. The van der Waals surface area contributed by atoms with Crippen LogP contribution in [0.4, 0.5) is 17.1 Å². The predicted octanol–water partition coefficient (Wildman–Crippen LogP) is 14.8. The van der Waals surface area contributed by atoms with Crippen molar-refractivity contribution in [2.45, 2.75) is 38.0 Å². The highest BCUT2D eigenvalue weighted by atomic mass is 16.3. The Morgan fingerprint density at radius 3 is 1.60 bits per heavy atom. The first kappa shape index (κ1) is 31.3. The minimum atomic E-state index is 0.725. The standard InChI is InChI=1S/C52H41NO2/c1-2-7-34(8-3-1)35-13-19-40(20-14-35)53(42-23-17-37(18-24-42)49-38-28-32-27-33(30-38)31-39(49)29-32)41-21-15-36(16-22-41)43-10-6-12-46-50(43)52-48(55-46)26-25-47-51(52)44-9-4-5-11-45(44)54-47/h1-26,32-33,38-39,49H,27-31H2. The third-order valence-corrected chi connectivity index (χ3v) is 13.4. The molecule has 0 amide bonds. The maximum atomic E-state index is 6.49. The molecule has 0 N–H and O–H groups in total. The van der Waals surface area contributed by atoms with Crippen molar-refractivity contribution in [3.8, 4) is 22.3 Å². The molecular weight excluding hydrogens is 671 g/mol. The lowest BCUT2D eigenvalue weighted by Crippen LogP contribution is -2.43. The van der Waals surface area contributed by atoms with Gasteiger partial charge in [0.05, 0.1) is 0 Å². The summed E-state index contributed by atoms with van der Waals surface area (Å²) in [7, 11) is 0. The molecule has 13 rings (SSSR count). The van der Waals surface area contributed by atoms with Gasteiger partial charge in [0.2, 0.25) is 0 Å². The zero-order valence-electron chi connectivity index (χ0n) is 30.7. The number of rotatable bonds is 6. The smallest absolute Gasteiger partial charge is 0.136 e. The minimum Gasteiger partial charge on any atom is -0.456 e. The fourth-order valence-electron chi connectivity index (χ4n) is 11.3. The number of furan rings is 2. The van der Waals surface area contributed by atoms with Crippen molar-refractivity contribution >= 4 is 60.9 Å². The molecule has 0 saturated heterocycles. The van der Waals surface area contributed by atoms with E-state index in [1.807, 2.05) is 24.3 Å². The van der Waals surface area contributed by atoms with Crippen molar-refractivity contribution in [3.05, 3.63) is 163 Å². The van der Waals surface area contributed by atoms with Gasteiger partial charge in [-0.25, -0.2) is 0 Å². The molecule has 4 bridgehead atoms. The highest BCUT2D eigenvalue weighted by molar-refractivity contribution is 6.28. The van der Waals surface area contributed by atoms with E-state index < -0.39 is 0 Å². The van der Waals surface area contributed by atoms with Crippen molar-refractivity contribution in [1.29, 1.82) is 0 Å². The quantitative estimate of drug-likeness (QED) is 0.172. The molecule has 2 heterocycles. The molecule has 0 unspecified atom stereocenters. The first-order valence-electron chi connectivity index (χ1n) is 20.1.